The van der Waals surface area contributed by atoms with Crippen molar-refractivity contribution in [2.45, 2.75) is 18.9 Å². The molecule has 4 nitrogen and oxygen atoms in total. The first-order valence-corrected chi connectivity index (χ1v) is 4.71. The number of nitrogens with two attached hydrogens (primary N) is 1. The van der Waals surface area contributed by atoms with Crippen LogP contribution in [0.1, 0.15) is 17.7 Å². The van der Waals surface area contributed by atoms with Gasteiger partial charge in [-0.1, -0.05) is 0 Å². The predicted octanol–water partition coefficient (Wildman–Crippen LogP) is 0.515. The number of amidine groups is 1. The van der Waals surface area contributed by atoms with Crippen LogP contribution in [0.25, 0.3) is 0 Å². The molecule has 0 aromatic carbocycles. The fourth-order valence-electron chi connectivity index (χ4n) is 0.891. The van der Waals surface area contributed by atoms with Crippen molar-refractivity contribution < 1.29 is 0 Å². The van der Waals surface area contributed by atoms with E-state index in [-0.39, 0.29) is 0 Å². The highest BCUT2D eigenvalue weighted by Gasteiger charge is 2.21. The summed E-state index contributed by atoms with van der Waals surface area (Å²) < 4.78 is 0. The van der Waals surface area contributed by atoms with Crippen LogP contribution in [0.2, 0.25) is 0 Å². The van der Waals surface area contributed by atoms with E-state index in [1.54, 1.807) is 23.0 Å². The second-order valence-corrected chi connectivity index (χ2v) is 3.61. The smallest absolute Gasteiger partial charge is 0.154 e. The molecule has 1 aliphatic rings. The average molecular weight is 182 g/mol. The van der Waals surface area contributed by atoms with Crippen LogP contribution in [0.4, 0.5) is 0 Å². The molecule has 0 bridgehead atoms. The Morgan fingerprint density at radius 1 is 1.75 bits per heavy atom. The van der Waals surface area contributed by atoms with Crippen LogP contribution in [-0.4, -0.2) is 16.9 Å². The molecule has 2 rings (SSSR count). The first kappa shape index (κ1) is 7.70. The molecule has 1 saturated carbocycles. The normalized spacial score (nSPS) is 17.9. The van der Waals surface area contributed by atoms with Gasteiger partial charge in [0.2, 0.25) is 0 Å². The summed E-state index contributed by atoms with van der Waals surface area (Å²) in [5, 5.41) is 0. The number of aromatic nitrogens is 1. The van der Waals surface area contributed by atoms with Gasteiger partial charge in [-0.15, -0.1) is 11.3 Å². The van der Waals surface area contributed by atoms with E-state index >= 15 is 0 Å². The Kier molecular flexibility index (Phi) is 2.05. The van der Waals surface area contributed by atoms with Crippen molar-refractivity contribution in [3.63, 3.8) is 0 Å². The van der Waals surface area contributed by atoms with E-state index in [9.17, 15) is 0 Å². The second kappa shape index (κ2) is 3.20. The van der Waals surface area contributed by atoms with Crippen molar-refractivity contribution in [1.29, 1.82) is 0 Å². The number of thiazole rings is 1. The molecule has 1 aromatic heterocycles. The van der Waals surface area contributed by atoms with Crippen LogP contribution in [0, 0.1) is 0 Å². The molecule has 0 amide bonds. The molecule has 1 fully saturated rings. The summed E-state index contributed by atoms with van der Waals surface area (Å²) >= 11 is 1.54. The van der Waals surface area contributed by atoms with Gasteiger partial charge in [-0.25, -0.2) is 5.84 Å². The van der Waals surface area contributed by atoms with E-state index in [1.807, 2.05) is 0 Å². The first-order chi connectivity index (χ1) is 5.90. The van der Waals surface area contributed by atoms with Gasteiger partial charge in [0.25, 0.3) is 0 Å². The molecule has 0 atom stereocenters. The zero-order valence-electron chi connectivity index (χ0n) is 6.53. The summed E-state index contributed by atoms with van der Waals surface area (Å²) in [6.07, 6.45) is 4.14. The molecule has 0 unspecified atom stereocenters. The van der Waals surface area contributed by atoms with Crippen LogP contribution < -0.4 is 11.3 Å². The van der Waals surface area contributed by atoms with E-state index in [0.717, 1.165) is 10.7 Å². The number of nitrogens with one attached hydrogen (secondary N) is 1. The average Bonchev–Trinajstić information content (AvgIpc) is 2.74. The number of hydrogen-bond acceptors (Lipinski definition) is 4. The van der Waals surface area contributed by atoms with Crippen LogP contribution in [0.5, 0.6) is 0 Å². The van der Waals surface area contributed by atoms with E-state index < -0.39 is 0 Å². The summed E-state index contributed by atoms with van der Waals surface area (Å²) in [6.45, 7) is 0. The van der Waals surface area contributed by atoms with Gasteiger partial charge in [0.15, 0.2) is 5.84 Å². The van der Waals surface area contributed by atoms with E-state index in [4.69, 9.17) is 5.84 Å². The summed E-state index contributed by atoms with van der Waals surface area (Å²) in [7, 11) is 0. The highest BCUT2D eigenvalue weighted by Crippen LogP contribution is 2.24. The number of hydrogen-bond donors (Lipinski definition) is 2. The molecule has 64 valence electrons. The summed E-state index contributed by atoms with van der Waals surface area (Å²) in [6, 6.07) is 0.484. The highest BCUT2D eigenvalue weighted by molar-refractivity contribution is 7.11. The molecule has 0 saturated heterocycles. The van der Waals surface area contributed by atoms with Crippen LogP contribution in [-0.2, 0) is 0 Å². The number of aliphatic imine (C=N–C) groups is 1. The maximum absolute atomic E-state index is 5.34. The van der Waals surface area contributed by atoms with Gasteiger partial charge in [-0.3, -0.25) is 9.98 Å². The van der Waals surface area contributed by atoms with E-state index in [2.05, 4.69) is 15.4 Å². The Labute approximate surface area is 74.5 Å². The predicted molar refractivity (Wildman–Crippen MR) is 49.0 cm³/mol. The van der Waals surface area contributed by atoms with Crippen LogP contribution >= 0.6 is 11.3 Å². The molecule has 3 N–H and O–H groups in total. The molecule has 5 heteroatoms. The highest BCUT2D eigenvalue weighted by atomic mass is 32.1. The van der Waals surface area contributed by atoms with Crippen LogP contribution in [0.3, 0.4) is 0 Å². The SMILES string of the molecule is NNC(=NC1CC1)c1cncs1. The van der Waals surface area contributed by atoms with Gasteiger partial charge in [0, 0.05) is 6.20 Å². The summed E-state index contributed by atoms with van der Waals surface area (Å²) in [4.78, 5) is 9.36. The molecule has 0 radical (unpaired) electrons. The lowest BCUT2D eigenvalue weighted by atomic mass is 10.5. The topological polar surface area (TPSA) is 63.3 Å². The monoisotopic (exact) mass is 182 g/mol. The summed E-state index contributed by atoms with van der Waals surface area (Å²) in [5.74, 6) is 6.10. The lowest BCUT2D eigenvalue weighted by molar-refractivity contribution is 0.974. The number of nitrogens with zero attached hydrogens (tertiary/aromatic N) is 2. The fraction of sp³-hybridized carbons (Fsp3) is 0.429. The van der Waals surface area contributed by atoms with Crippen molar-refractivity contribution in [3.8, 4) is 0 Å². The third-order valence-corrected chi connectivity index (χ3v) is 2.44. The maximum atomic E-state index is 5.34. The van der Waals surface area contributed by atoms with Gasteiger partial charge in [0.05, 0.1) is 16.4 Å². The van der Waals surface area contributed by atoms with Crippen molar-refractivity contribution in [2.75, 3.05) is 0 Å². The molecule has 1 aromatic rings. The first-order valence-electron chi connectivity index (χ1n) is 3.83. The minimum Gasteiger partial charge on any atom is -0.308 e. The minimum absolute atomic E-state index is 0.484. The standard InChI is InChI=1S/C7H10N4S/c8-11-7(10-5-1-2-5)6-3-9-4-12-6/h3-5H,1-2,8H2,(H,10,11). The molecule has 1 heterocycles. The quantitative estimate of drug-likeness (QED) is 0.303. The minimum atomic E-state index is 0.484. The van der Waals surface area contributed by atoms with E-state index in [0.29, 0.717) is 6.04 Å². The Hall–Kier alpha value is -0.940. The Morgan fingerprint density at radius 3 is 3.08 bits per heavy atom. The zero-order chi connectivity index (χ0) is 8.39. The molecule has 12 heavy (non-hydrogen) atoms. The Balaban J connectivity index is 2.17. The largest absolute Gasteiger partial charge is 0.308 e. The Morgan fingerprint density at radius 2 is 2.58 bits per heavy atom. The van der Waals surface area contributed by atoms with Crippen molar-refractivity contribution in [2.24, 2.45) is 10.8 Å². The molecule has 0 spiro atoms. The van der Waals surface area contributed by atoms with Crippen molar-refractivity contribution in [1.82, 2.24) is 10.4 Å². The lowest BCUT2D eigenvalue weighted by Crippen LogP contribution is -2.30. The molecular weight excluding hydrogens is 172 g/mol. The van der Waals surface area contributed by atoms with Gasteiger partial charge >= 0.3 is 0 Å². The van der Waals surface area contributed by atoms with Crippen LogP contribution in [0.15, 0.2) is 16.7 Å². The van der Waals surface area contributed by atoms with Gasteiger partial charge in [-0.05, 0) is 12.8 Å². The molecular formula is C7H10N4S. The third kappa shape index (κ3) is 1.62. The Bertz CT molecular complexity index is 276. The van der Waals surface area contributed by atoms with Crippen molar-refractivity contribution in [3.05, 3.63) is 16.6 Å². The fourth-order valence-corrected chi connectivity index (χ4v) is 1.47. The zero-order valence-corrected chi connectivity index (χ0v) is 7.34. The van der Waals surface area contributed by atoms with Crippen molar-refractivity contribution >= 4 is 17.2 Å². The van der Waals surface area contributed by atoms with Gasteiger partial charge in [-0.2, -0.15) is 0 Å². The van der Waals surface area contributed by atoms with Gasteiger partial charge in [0.1, 0.15) is 0 Å². The third-order valence-electron chi connectivity index (χ3n) is 1.66. The van der Waals surface area contributed by atoms with Gasteiger partial charge < -0.3 is 5.43 Å². The second-order valence-electron chi connectivity index (χ2n) is 2.72. The number of rotatable bonds is 2. The van der Waals surface area contributed by atoms with E-state index in [1.165, 1.54) is 12.8 Å². The molecule has 1 aliphatic carbocycles. The summed E-state index contributed by atoms with van der Waals surface area (Å²) in [5.41, 5.74) is 4.37. The maximum Gasteiger partial charge on any atom is 0.154 e. The molecule has 0 aliphatic heterocycles. The lowest BCUT2D eigenvalue weighted by Gasteiger charge is -2.00. The number of hydrazine groups is 1.